The Hall–Kier alpha value is -0.880. The summed E-state index contributed by atoms with van der Waals surface area (Å²) in [6.45, 7) is 0. The normalized spacial score (nSPS) is 14.2. The topological polar surface area (TPSA) is 26.0 Å². The van der Waals surface area contributed by atoms with Gasteiger partial charge in [0.1, 0.15) is 0 Å². The largest absolute Gasteiger partial charge is 0.416 e. The van der Waals surface area contributed by atoms with Crippen LogP contribution >= 0.6 is 11.6 Å². The minimum absolute atomic E-state index is 0.414. The average Bonchev–Trinajstić information content (AvgIpc) is 2.14. The van der Waals surface area contributed by atoms with Crippen LogP contribution in [0.25, 0.3) is 0 Å². The summed E-state index contributed by atoms with van der Waals surface area (Å²) in [4.78, 5) is 0. The van der Waals surface area contributed by atoms with Crippen LogP contribution in [0.1, 0.15) is 17.2 Å². The molecule has 1 unspecified atom stereocenters. The maximum Gasteiger partial charge on any atom is 0.416 e. The third-order valence-electron chi connectivity index (χ3n) is 1.96. The van der Waals surface area contributed by atoms with Gasteiger partial charge in [-0.15, -0.1) is 0 Å². The van der Waals surface area contributed by atoms with E-state index in [1.165, 1.54) is 0 Å². The lowest BCUT2D eigenvalue weighted by molar-refractivity contribution is -0.138. The lowest BCUT2D eigenvalue weighted by Gasteiger charge is -2.18. The van der Waals surface area contributed by atoms with Gasteiger partial charge < -0.3 is 5.73 Å². The fourth-order valence-electron chi connectivity index (χ4n) is 1.25. The first-order valence-corrected chi connectivity index (χ1v) is 4.52. The van der Waals surface area contributed by atoms with Gasteiger partial charge in [-0.25, -0.2) is 8.78 Å². The first kappa shape index (κ1) is 13.2. The molecule has 1 nitrogen and oxygen atoms in total. The fourth-order valence-corrected chi connectivity index (χ4v) is 1.55. The van der Waals surface area contributed by atoms with Crippen molar-refractivity contribution in [2.75, 3.05) is 0 Å². The van der Waals surface area contributed by atoms with Crippen molar-refractivity contribution in [3.63, 3.8) is 0 Å². The van der Waals surface area contributed by atoms with Gasteiger partial charge in [0.25, 0.3) is 6.43 Å². The monoisotopic (exact) mass is 259 g/mol. The number of benzene rings is 1. The molecular formula is C9H7ClF5N. The van der Waals surface area contributed by atoms with Crippen LogP contribution in [-0.4, -0.2) is 6.43 Å². The maximum absolute atomic E-state index is 12.5. The molecule has 2 N–H and O–H groups in total. The van der Waals surface area contributed by atoms with Crippen LogP contribution in [0.15, 0.2) is 18.2 Å². The highest BCUT2D eigenvalue weighted by atomic mass is 35.5. The summed E-state index contributed by atoms with van der Waals surface area (Å²) in [5, 5.41) is -0.414. The molecule has 90 valence electrons. The Morgan fingerprint density at radius 1 is 1.19 bits per heavy atom. The molecule has 0 aliphatic carbocycles. The summed E-state index contributed by atoms with van der Waals surface area (Å²) < 4.78 is 62.1. The number of alkyl halides is 5. The van der Waals surface area contributed by atoms with Gasteiger partial charge in [-0.1, -0.05) is 17.7 Å². The summed E-state index contributed by atoms with van der Waals surface area (Å²) in [6.07, 6.45) is -7.87. The van der Waals surface area contributed by atoms with E-state index < -0.39 is 34.8 Å². The fraction of sp³-hybridized carbons (Fsp3) is 0.333. The Bertz CT molecular complexity index is 377. The second kappa shape index (κ2) is 4.55. The van der Waals surface area contributed by atoms with Crippen molar-refractivity contribution in [1.29, 1.82) is 0 Å². The highest BCUT2D eigenvalue weighted by Gasteiger charge is 2.37. The van der Waals surface area contributed by atoms with Gasteiger partial charge in [0, 0.05) is 10.6 Å². The van der Waals surface area contributed by atoms with E-state index in [-0.39, 0.29) is 0 Å². The van der Waals surface area contributed by atoms with Crippen molar-refractivity contribution in [3.8, 4) is 0 Å². The minimum atomic E-state index is -4.76. The Morgan fingerprint density at radius 3 is 2.19 bits per heavy atom. The quantitative estimate of drug-likeness (QED) is 0.807. The Balaban J connectivity index is 3.35. The van der Waals surface area contributed by atoms with Crippen molar-refractivity contribution < 1.29 is 22.0 Å². The van der Waals surface area contributed by atoms with E-state index in [9.17, 15) is 22.0 Å². The van der Waals surface area contributed by atoms with Crippen molar-refractivity contribution in [3.05, 3.63) is 34.3 Å². The van der Waals surface area contributed by atoms with Crippen LogP contribution in [0.2, 0.25) is 5.02 Å². The van der Waals surface area contributed by atoms with Crippen LogP contribution in [0.3, 0.4) is 0 Å². The van der Waals surface area contributed by atoms with E-state index >= 15 is 0 Å². The van der Waals surface area contributed by atoms with Gasteiger partial charge in [0.2, 0.25) is 0 Å². The molecule has 1 atom stereocenters. The van der Waals surface area contributed by atoms with Crippen molar-refractivity contribution >= 4 is 11.6 Å². The minimum Gasteiger partial charge on any atom is -0.319 e. The summed E-state index contributed by atoms with van der Waals surface area (Å²) in [5.41, 5.74) is 3.00. The molecule has 0 saturated heterocycles. The molecule has 0 aromatic heterocycles. The molecule has 0 amide bonds. The van der Waals surface area contributed by atoms with Crippen molar-refractivity contribution in [1.82, 2.24) is 0 Å². The lowest BCUT2D eigenvalue weighted by atomic mass is 10.0. The van der Waals surface area contributed by atoms with Crippen LogP contribution in [0.5, 0.6) is 0 Å². The highest BCUT2D eigenvalue weighted by Crippen LogP contribution is 2.38. The number of rotatable bonds is 2. The smallest absolute Gasteiger partial charge is 0.319 e. The predicted octanol–water partition coefficient (Wildman–Crippen LogP) is 3.62. The lowest BCUT2D eigenvalue weighted by Crippen LogP contribution is -2.23. The zero-order chi connectivity index (χ0) is 12.5. The van der Waals surface area contributed by atoms with Gasteiger partial charge in [0.05, 0.1) is 11.6 Å². The number of hydrogen-bond donors (Lipinski definition) is 1. The van der Waals surface area contributed by atoms with E-state index in [0.717, 1.165) is 12.1 Å². The third-order valence-corrected chi connectivity index (χ3v) is 2.29. The molecular weight excluding hydrogens is 253 g/mol. The Morgan fingerprint density at radius 2 is 1.75 bits per heavy atom. The first-order chi connectivity index (χ1) is 7.25. The summed E-state index contributed by atoms with van der Waals surface area (Å²) >= 11 is 5.46. The van der Waals surface area contributed by atoms with Gasteiger partial charge in [-0.05, 0) is 12.1 Å². The van der Waals surface area contributed by atoms with Gasteiger partial charge in [-0.3, -0.25) is 0 Å². The van der Waals surface area contributed by atoms with Crippen LogP contribution in [0, 0.1) is 0 Å². The number of nitrogens with two attached hydrogens (primary N) is 1. The summed E-state index contributed by atoms with van der Waals surface area (Å²) in [7, 11) is 0. The Kier molecular flexibility index (Phi) is 3.75. The molecule has 0 radical (unpaired) electrons. The number of hydrogen-bond acceptors (Lipinski definition) is 1. The SMILES string of the molecule is NC(c1c(Cl)cccc1C(F)(F)F)C(F)F. The summed E-state index contributed by atoms with van der Waals surface area (Å²) in [5.74, 6) is 0. The molecule has 7 heteroatoms. The van der Waals surface area contributed by atoms with E-state index in [4.69, 9.17) is 17.3 Å². The van der Waals surface area contributed by atoms with Crippen LogP contribution in [0.4, 0.5) is 22.0 Å². The zero-order valence-electron chi connectivity index (χ0n) is 7.73. The van der Waals surface area contributed by atoms with E-state index in [1.807, 2.05) is 0 Å². The van der Waals surface area contributed by atoms with Gasteiger partial charge in [0.15, 0.2) is 0 Å². The van der Waals surface area contributed by atoms with Crippen molar-refractivity contribution in [2.24, 2.45) is 5.73 Å². The molecule has 0 saturated carbocycles. The highest BCUT2D eigenvalue weighted by molar-refractivity contribution is 6.31. The molecule has 1 aromatic rings. The van der Waals surface area contributed by atoms with Crippen LogP contribution in [-0.2, 0) is 6.18 Å². The number of halogens is 6. The molecule has 1 aromatic carbocycles. The van der Waals surface area contributed by atoms with Gasteiger partial charge in [-0.2, -0.15) is 13.2 Å². The zero-order valence-corrected chi connectivity index (χ0v) is 8.49. The first-order valence-electron chi connectivity index (χ1n) is 4.14. The third kappa shape index (κ3) is 2.62. The Labute approximate surface area is 93.0 Å². The van der Waals surface area contributed by atoms with E-state index in [1.54, 1.807) is 0 Å². The second-order valence-corrected chi connectivity index (χ2v) is 3.47. The van der Waals surface area contributed by atoms with Crippen molar-refractivity contribution in [2.45, 2.75) is 18.6 Å². The standard InChI is InChI=1S/C9H7ClF5N/c10-5-3-1-2-4(9(13,14)15)6(5)7(16)8(11)12/h1-3,7-8H,16H2. The molecule has 0 spiro atoms. The molecule has 0 fully saturated rings. The predicted molar refractivity (Wildman–Crippen MR) is 49.4 cm³/mol. The summed E-state index contributed by atoms with van der Waals surface area (Å²) in [6, 6.07) is 0.746. The molecule has 0 bridgehead atoms. The molecule has 0 aliphatic heterocycles. The molecule has 1 rings (SSSR count). The van der Waals surface area contributed by atoms with E-state index in [2.05, 4.69) is 0 Å². The average molecular weight is 260 g/mol. The maximum atomic E-state index is 12.5. The molecule has 16 heavy (non-hydrogen) atoms. The van der Waals surface area contributed by atoms with E-state index in [0.29, 0.717) is 6.07 Å². The molecule has 0 aliphatic rings. The van der Waals surface area contributed by atoms with Gasteiger partial charge >= 0.3 is 6.18 Å². The van der Waals surface area contributed by atoms with Crippen LogP contribution < -0.4 is 5.73 Å². The second-order valence-electron chi connectivity index (χ2n) is 3.06. The molecule has 0 heterocycles.